The Morgan fingerprint density at radius 3 is 2.74 bits per heavy atom. The molecule has 1 aromatic heterocycles. The standard InChI is InChI=1S/C13H24N2O2S2/c1-4-12-6-8-18-13(12)10-15-19(16,17)9-5-7-14-11(2)3/h6,8,11,14-15H,4-5,7,9-10H2,1-3H3. The summed E-state index contributed by atoms with van der Waals surface area (Å²) in [6.07, 6.45) is 1.58. The van der Waals surface area contributed by atoms with Crippen LogP contribution in [0, 0.1) is 0 Å². The molecule has 0 spiro atoms. The van der Waals surface area contributed by atoms with E-state index in [1.807, 2.05) is 5.38 Å². The number of rotatable bonds is 9. The minimum Gasteiger partial charge on any atom is -0.314 e. The third-order valence-electron chi connectivity index (χ3n) is 2.81. The zero-order chi connectivity index (χ0) is 14.3. The maximum absolute atomic E-state index is 11.8. The van der Waals surface area contributed by atoms with Gasteiger partial charge in [0.15, 0.2) is 0 Å². The number of hydrogen-bond acceptors (Lipinski definition) is 4. The Balaban J connectivity index is 2.34. The van der Waals surface area contributed by atoms with Gasteiger partial charge in [-0.25, -0.2) is 13.1 Å². The van der Waals surface area contributed by atoms with E-state index in [-0.39, 0.29) is 5.75 Å². The van der Waals surface area contributed by atoms with Gasteiger partial charge in [-0.1, -0.05) is 20.8 Å². The van der Waals surface area contributed by atoms with Crippen LogP contribution in [0.2, 0.25) is 0 Å². The van der Waals surface area contributed by atoms with Gasteiger partial charge in [0.05, 0.1) is 5.75 Å². The van der Waals surface area contributed by atoms with Gasteiger partial charge < -0.3 is 5.32 Å². The molecule has 0 saturated heterocycles. The molecule has 19 heavy (non-hydrogen) atoms. The summed E-state index contributed by atoms with van der Waals surface area (Å²) in [4.78, 5) is 1.12. The lowest BCUT2D eigenvalue weighted by atomic mass is 10.2. The van der Waals surface area contributed by atoms with Crippen LogP contribution in [-0.2, 0) is 23.0 Å². The maximum atomic E-state index is 11.8. The van der Waals surface area contributed by atoms with Gasteiger partial charge in [-0.05, 0) is 36.4 Å². The van der Waals surface area contributed by atoms with Gasteiger partial charge in [-0.15, -0.1) is 11.3 Å². The van der Waals surface area contributed by atoms with Crippen molar-refractivity contribution in [1.29, 1.82) is 0 Å². The first-order valence-electron chi connectivity index (χ1n) is 6.70. The first-order valence-corrected chi connectivity index (χ1v) is 9.23. The molecule has 0 bridgehead atoms. The third kappa shape index (κ3) is 6.51. The zero-order valence-electron chi connectivity index (χ0n) is 11.9. The molecule has 0 aliphatic rings. The highest BCUT2D eigenvalue weighted by molar-refractivity contribution is 7.89. The second kappa shape index (κ2) is 7.99. The summed E-state index contributed by atoms with van der Waals surface area (Å²) >= 11 is 1.61. The van der Waals surface area contributed by atoms with E-state index < -0.39 is 10.0 Å². The molecule has 1 aromatic rings. The number of thiophene rings is 1. The molecule has 0 aliphatic carbocycles. The van der Waals surface area contributed by atoms with Gasteiger partial charge in [0.1, 0.15) is 0 Å². The van der Waals surface area contributed by atoms with Crippen molar-refractivity contribution in [2.75, 3.05) is 12.3 Å². The summed E-state index contributed by atoms with van der Waals surface area (Å²) in [5.41, 5.74) is 1.23. The molecule has 2 N–H and O–H groups in total. The summed E-state index contributed by atoms with van der Waals surface area (Å²) in [7, 11) is -3.16. The number of aryl methyl sites for hydroxylation is 1. The maximum Gasteiger partial charge on any atom is 0.211 e. The molecule has 0 aromatic carbocycles. The Labute approximate surface area is 120 Å². The molecule has 6 heteroatoms. The number of nitrogens with one attached hydrogen (secondary N) is 2. The van der Waals surface area contributed by atoms with Crippen molar-refractivity contribution in [3.8, 4) is 0 Å². The lowest BCUT2D eigenvalue weighted by Gasteiger charge is -2.09. The predicted octanol–water partition coefficient (Wildman–Crippen LogP) is 2.12. The summed E-state index contributed by atoms with van der Waals surface area (Å²) < 4.78 is 26.4. The molecule has 110 valence electrons. The fourth-order valence-electron chi connectivity index (χ4n) is 1.74. The Morgan fingerprint density at radius 2 is 2.11 bits per heavy atom. The highest BCUT2D eigenvalue weighted by Gasteiger charge is 2.11. The topological polar surface area (TPSA) is 58.2 Å². The lowest BCUT2D eigenvalue weighted by Crippen LogP contribution is -2.29. The molecule has 0 aliphatic heterocycles. The van der Waals surface area contributed by atoms with E-state index in [1.54, 1.807) is 11.3 Å². The summed E-state index contributed by atoms with van der Waals surface area (Å²) in [6, 6.07) is 2.45. The third-order valence-corrected chi connectivity index (χ3v) is 5.19. The van der Waals surface area contributed by atoms with Crippen LogP contribution in [0.25, 0.3) is 0 Å². The van der Waals surface area contributed by atoms with Crippen molar-refractivity contribution in [3.63, 3.8) is 0 Å². The largest absolute Gasteiger partial charge is 0.314 e. The number of sulfonamides is 1. The fraction of sp³-hybridized carbons (Fsp3) is 0.692. The summed E-state index contributed by atoms with van der Waals surface area (Å²) in [6.45, 7) is 7.34. The van der Waals surface area contributed by atoms with Crippen molar-refractivity contribution in [1.82, 2.24) is 10.0 Å². The first kappa shape index (κ1) is 16.6. The Bertz CT molecular complexity index is 467. The molecule has 0 unspecified atom stereocenters. The van der Waals surface area contributed by atoms with Crippen LogP contribution in [0.1, 0.15) is 37.6 Å². The van der Waals surface area contributed by atoms with Crippen LogP contribution in [0.4, 0.5) is 0 Å². The van der Waals surface area contributed by atoms with Crippen molar-refractivity contribution >= 4 is 21.4 Å². The molecule has 0 saturated carbocycles. The van der Waals surface area contributed by atoms with Gasteiger partial charge in [0.2, 0.25) is 10.0 Å². The smallest absolute Gasteiger partial charge is 0.211 e. The van der Waals surface area contributed by atoms with Gasteiger partial charge in [-0.3, -0.25) is 0 Å². The van der Waals surface area contributed by atoms with E-state index in [1.165, 1.54) is 5.56 Å². The number of hydrogen-bond donors (Lipinski definition) is 2. The second-order valence-corrected chi connectivity index (χ2v) is 7.75. The van der Waals surface area contributed by atoms with Crippen LogP contribution in [0.15, 0.2) is 11.4 Å². The molecule has 4 nitrogen and oxygen atoms in total. The normalized spacial score (nSPS) is 12.2. The average Bonchev–Trinajstić information content (AvgIpc) is 2.79. The highest BCUT2D eigenvalue weighted by Crippen LogP contribution is 2.17. The van der Waals surface area contributed by atoms with E-state index >= 15 is 0 Å². The predicted molar refractivity (Wildman–Crippen MR) is 82.1 cm³/mol. The molecule has 1 heterocycles. The Morgan fingerprint density at radius 1 is 1.37 bits per heavy atom. The van der Waals surface area contributed by atoms with Crippen LogP contribution in [0.3, 0.4) is 0 Å². The molecular weight excluding hydrogens is 280 g/mol. The summed E-state index contributed by atoms with van der Waals surface area (Å²) in [5.74, 6) is 0.180. The summed E-state index contributed by atoms with van der Waals surface area (Å²) in [5, 5.41) is 5.22. The fourth-order valence-corrected chi connectivity index (χ4v) is 3.78. The van der Waals surface area contributed by atoms with Crippen molar-refractivity contribution in [2.24, 2.45) is 0 Å². The van der Waals surface area contributed by atoms with Crippen molar-refractivity contribution in [3.05, 3.63) is 21.9 Å². The second-order valence-electron chi connectivity index (χ2n) is 4.82. The van der Waals surface area contributed by atoms with E-state index in [2.05, 4.69) is 36.9 Å². The quantitative estimate of drug-likeness (QED) is 0.687. The van der Waals surface area contributed by atoms with Crippen LogP contribution in [0.5, 0.6) is 0 Å². The van der Waals surface area contributed by atoms with E-state index in [0.29, 0.717) is 19.0 Å². The van der Waals surface area contributed by atoms with Gasteiger partial charge >= 0.3 is 0 Å². The molecule has 0 amide bonds. The van der Waals surface area contributed by atoms with Gasteiger partial charge in [-0.2, -0.15) is 0 Å². The monoisotopic (exact) mass is 304 g/mol. The van der Waals surface area contributed by atoms with Crippen LogP contribution >= 0.6 is 11.3 Å². The molecule has 0 radical (unpaired) electrons. The minimum absolute atomic E-state index is 0.180. The van der Waals surface area contributed by atoms with Crippen molar-refractivity contribution < 1.29 is 8.42 Å². The van der Waals surface area contributed by atoms with Crippen LogP contribution in [-0.4, -0.2) is 26.8 Å². The Hall–Kier alpha value is -0.430. The lowest BCUT2D eigenvalue weighted by molar-refractivity contribution is 0.561. The van der Waals surface area contributed by atoms with Gasteiger partial charge in [0, 0.05) is 17.5 Å². The van der Waals surface area contributed by atoms with E-state index in [9.17, 15) is 8.42 Å². The highest BCUT2D eigenvalue weighted by atomic mass is 32.2. The van der Waals surface area contributed by atoms with Gasteiger partial charge in [0.25, 0.3) is 0 Å². The Kier molecular flexibility index (Phi) is 6.99. The average molecular weight is 304 g/mol. The SMILES string of the molecule is CCc1ccsc1CNS(=O)(=O)CCCNC(C)C. The zero-order valence-corrected chi connectivity index (χ0v) is 13.5. The van der Waals surface area contributed by atoms with E-state index in [4.69, 9.17) is 0 Å². The minimum atomic E-state index is -3.16. The molecule has 0 atom stereocenters. The molecule has 0 fully saturated rings. The first-order chi connectivity index (χ1) is 8.94. The van der Waals surface area contributed by atoms with E-state index in [0.717, 1.165) is 17.8 Å². The molecule has 1 rings (SSSR count). The van der Waals surface area contributed by atoms with Crippen molar-refractivity contribution in [2.45, 2.75) is 46.2 Å². The van der Waals surface area contributed by atoms with Crippen LogP contribution < -0.4 is 10.0 Å². The molecular formula is C13H24N2O2S2.